The van der Waals surface area contributed by atoms with Crippen LogP contribution in [0.1, 0.15) is 38.3 Å². The van der Waals surface area contributed by atoms with Crippen LogP contribution < -0.4 is 5.32 Å². The molecule has 1 saturated heterocycles. The zero-order valence-electron chi connectivity index (χ0n) is 21.6. The number of benzene rings is 2. The average Bonchev–Trinajstić information content (AvgIpc) is 3.33. The number of hydrogen-bond donors (Lipinski definition) is 1. The number of aryl methyl sites for hydroxylation is 1. The average molecular weight is 533 g/mol. The van der Waals surface area contributed by atoms with Crippen molar-refractivity contribution in [2.75, 3.05) is 38.5 Å². The van der Waals surface area contributed by atoms with Gasteiger partial charge in [-0.25, -0.2) is 9.50 Å². The zero-order chi connectivity index (χ0) is 27.6. The van der Waals surface area contributed by atoms with Crippen molar-refractivity contribution in [3.63, 3.8) is 0 Å². The van der Waals surface area contributed by atoms with E-state index in [1.54, 1.807) is 47.2 Å². The number of aromatic nitrogens is 3. The number of imidazole rings is 1. The van der Waals surface area contributed by atoms with Crippen LogP contribution in [0.25, 0.3) is 5.65 Å². The highest BCUT2D eigenvalue weighted by Crippen LogP contribution is 2.36. The lowest BCUT2D eigenvalue weighted by atomic mass is 10.0. The van der Waals surface area contributed by atoms with Crippen LogP contribution in [0.2, 0.25) is 0 Å². The van der Waals surface area contributed by atoms with E-state index in [-0.39, 0.29) is 11.3 Å². The van der Waals surface area contributed by atoms with Gasteiger partial charge in [-0.3, -0.25) is 9.69 Å². The fraction of sp³-hybridized carbons (Fsp3) is 0.276. The Hall–Kier alpha value is -4.20. The SMILES string of the molecule is Cc1ccc(C(=O)Nc2ccc(CN3CCN(C)CC3)cc2C(F)(F)F)cc1C#Cc1cnc2cccnn12. The molecule has 200 valence electrons. The number of halogens is 3. The summed E-state index contributed by atoms with van der Waals surface area (Å²) in [6.45, 7) is 5.61. The molecule has 0 bridgehead atoms. The largest absolute Gasteiger partial charge is 0.418 e. The van der Waals surface area contributed by atoms with Gasteiger partial charge in [-0.1, -0.05) is 18.1 Å². The van der Waals surface area contributed by atoms with Gasteiger partial charge in [0.05, 0.1) is 17.4 Å². The van der Waals surface area contributed by atoms with Crippen molar-refractivity contribution in [2.45, 2.75) is 19.6 Å². The Bertz CT molecular complexity index is 1580. The topological polar surface area (TPSA) is 65.8 Å². The summed E-state index contributed by atoms with van der Waals surface area (Å²) in [4.78, 5) is 21.6. The van der Waals surface area contributed by atoms with Crippen LogP contribution >= 0.6 is 0 Å². The molecule has 10 heteroatoms. The molecule has 0 saturated carbocycles. The zero-order valence-corrected chi connectivity index (χ0v) is 21.6. The maximum absolute atomic E-state index is 14.0. The third-order valence-corrected chi connectivity index (χ3v) is 6.74. The Morgan fingerprint density at radius 3 is 2.62 bits per heavy atom. The van der Waals surface area contributed by atoms with E-state index in [0.29, 0.717) is 29.0 Å². The molecule has 0 spiro atoms. The fourth-order valence-electron chi connectivity index (χ4n) is 4.44. The molecule has 2 aromatic heterocycles. The highest BCUT2D eigenvalue weighted by Gasteiger charge is 2.34. The van der Waals surface area contributed by atoms with Crippen molar-refractivity contribution in [3.8, 4) is 11.8 Å². The van der Waals surface area contributed by atoms with Gasteiger partial charge in [0.15, 0.2) is 5.65 Å². The lowest BCUT2D eigenvalue weighted by Crippen LogP contribution is -2.43. The number of rotatable bonds is 4. The third kappa shape index (κ3) is 6.11. The first kappa shape index (κ1) is 26.4. The van der Waals surface area contributed by atoms with E-state index in [9.17, 15) is 18.0 Å². The van der Waals surface area contributed by atoms with Gasteiger partial charge in [-0.05, 0) is 67.4 Å². The number of carbonyl (C=O) groups excluding carboxylic acids is 1. The maximum Gasteiger partial charge on any atom is 0.418 e. The molecule has 1 fully saturated rings. The number of carbonyl (C=O) groups is 1. The number of piperazine rings is 1. The van der Waals surface area contributed by atoms with Gasteiger partial charge in [0.25, 0.3) is 5.91 Å². The smallest absolute Gasteiger partial charge is 0.321 e. The van der Waals surface area contributed by atoms with E-state index in [4.69, 9.17) is 0 Å². The molecule has 1 amide bonds. The molecule has 0 radical (unpaired) electrons. The molecule has 4 aromatic rings. The summed E-state index contributed by atoms with van der Waals surface area (Å²) in [5.41, 5.74) is 2.25. The van der Waals surface area contributed by atoms with Crippen LogP contribution in [-0.2, 0) is 12.7 Å². The minimum atomic E-state index is -4.62. The predicted octanol–water partition coefficient (Wildman–Crippen LogP) is 4.46. The molecule has 1 aliphatic rings. The molecule has 39 heavy (non-hydrogen) atoms. The van der Waals surface area contributed by atoms with Crippen LogP contribution in [0.5, 0.6) is 0 Å². The van der Waals surface area contributed by atoms with Gasteiger partial charge in [0.2, 0.25) is 0 Å². The standard InChI is InChI=1S/C29H27F3N6O/c1-20-5-7-23(17-22(20)8-9-24-18-33-27-4-3-11-34-38(24)27)28(39)35-26-10-6-21(16-25(26)29(30,31)32)19-37-14-12-36(2)13-15-37/h3-7,10-11,16-18H,12-15,19H2,1-2H3,(H,35,39). The van der Waals surface area contributed by atoms with Crippen molar-refractivity contribution in [1.29, 1.82) is 0 Å². The van der Waals surface area contributed by atoms with Crippen molar-refractivity contribution in [2.24, 2.45) is 0 Å². The second-order valence-corrected chi connectivity index (χ2v) is 9.63. The Morgan fingerprint density at radius 2 is 1.85 bits per heavy atom. The summed E-state index contributed by atoms with van der Waals surface area (Å²) in [6.07, 6.45) is -1.38. The summed E-state index contributed by atoms with van der Waals surface area (Å²) < 4.78 is 43.5. The Labute approximate surface area is 224 Å². The first-order valence-corrected chi connectivity index (χ1v) is 12.5. The van der Waals surface area contributed by atoms with Crippen molar-refractivity contribution in [1.82, 2.24) is 24.4 Å². The summed E-state index contributed by atoms with van der Waals surface area (Å²) >= 11 is 0. The highest BCUT2D eigenvalue weighted by atomic mass is 19.4. The molecule has 0 atom stereocenters. The summed E-state index contributed by atoms with van der Waals surface area (Å²) in [5.74, 6) is 5.40. The number of anilines is 1. The van der Waals surface area contributed by atoms with Crippen molar-refractivity contribution >= 4 is 17.2 Å². The second-order valence-electron chi connectivity index (χ2n) is 9.63. The second kappa shape index (κ2) is 10.9. The fourth-order valence-corrected chi connectivity index (χ4v) is 4.44. The molecule has 2 aromatic carbocycles. The quantitative estimate of drug-likeness (QED) is 0.394. The number of likely N-dealkylation sites (N-methyl/N-ethyl adjacent to an activating group) is 1. The molecule has 1 aliphatic heterocycles. The minimum Gasteiger partial charge on any atom is -0.321 e. The van der Waals surface area contributed by atoms with Crippen LogP contribution in [-0.4, -0.2) is 63.5 Å². The normalized spacial score (nSPS) is 14.7. The molecule has 5 rings (SSSR count). The predicted molar refractivity (Wildman–Crippen MR) is 142 cm³/mol. The highest BCUT2D eigenvalue weighted by molar-refractivity contribution is 6.05. The number of alkyl halides is 3. The number of hydrogen-bond acceptors (Lipinski definition) is 5. The third-order valence-electron chi connectivity index (χ3n) is 6.74. The molecule has 0 aliphatic carbocycles. The van der Waals surface area contributed by atoms with E-state index in [0.717, 1.165) is 37.8 Å². The van der Waals surface area contributed by atoms with Crippen LogP contribution in [0.3, 0.4) is 0 Å². The van der Waals surface area contributed by atoms with Gasteiger partial charge in [0.1, 0.15) is 5.69 Å². The van der Waals surface area contributed by atoms with E-state index < -0.39 is 17.6 Å². The first-order chi connectivity index (χ1) is 18.7. The molecule has 1 N–H and O–H groups in total. The molecule has 7 nitrogen and oxygen atoms in total. The van der Waals surface area contributed by atoms with Gasteiger partial charge in [-0.15, -0.1) is 0 Å². The van der Waals surface area contributed by atoms with Gasteiger partial charge in [-0.2, -0.15) is 18.3 Å². The lowest BCUT2D eigenvalue weighted by molar-refractivity contribution is -0.137. The molecular formula is C29H27F3N6O. The Morgan fingerprint density at radius 1 is 1.05 bits per heavy atom. The first-order valence-electron chi connectivity index (χ1n) is 12.5. The number of amides is 1. The minimum absolute atomic E-state index is 0.204. The van der Waals surface area contributed by atoms with Gasteiger partial charge < -0.3 is 10.2 Å². The van der Waals surface area contributed by atoms with Gasteiger partial charge >= 0.3 is 6.18 Å². The lowest BCUT2D eigenvalue weighted by Gasteiger charge is -2.32. The molecule has 0 unspecified atom stereocenters. The number of nitrogens with one attached hydrogen (secondary N) is 1. The van der Waals surface area contributed by atoms with Crippen LogP contribution in [0, 0.1) is 18.8 Å². The van der Waals surface area contributed by atoms with E-state index in [2.05, 4.69) is 37.0 Å². The molecular weight excluding hydrogens is 505 g/mol. The van der Waals surface area contributed by atoms with Crippen LogP contribution in [0.4, 0.5) is 18.9 Å². The summed E-state index contributed by atoms with van der Waals surface area (Å²) in [6, 6.07) is 12.5. The van der Waals surface area contributed by atoms with Gasteiger partial charge in [0, 0.05) is 50.0 Å². The van der Waals surface area contributed by atoms with Crippen molar-refractivity contribution in [3.05, 3.63) is 94.4 Å². The maximum atomic E-state index is 14.0. The Kier molecular flexibility index (Phi) is 7.37. The van der Waals surface area contributed by atoms with E-state index >= 15 is 0 Å². The summed E-state index contributed by atoms with van der Waals surface area (Å²) in [5, 5.41) is 6.69. The monoisotopic (exact) mass is 532 g/mol. The van der Waals surface area contributed by atoms with Crippen LogP contribution in [0.15, 0.2) is 60.9 Å². The van der Waals surface area contributed by atoms with E-state index in [1.165, 1.54) is 6.07 Å². The number of nitrogens with zero attached hydrogens (tertiary/aromatic N) is 5. The Balaban J connectivity index is 1.36. The molecule has 3 heterocycles. The number of fused-ring (bicyclic) bond motifs is 1. The summed E-state index contributed by atoms with van der Waals surface area (Å²) in [7, 11) is 2.03. The van der Waals surface area contributed by atoms with Crippen molar-refractivity contribution < 1.29 is 18.0 Å². The van der Waals surface area contributed by atoms with E-state index in [1.807, 2.05) is 20.0 Å².